The Bertz CT molecular complexity index is 1330. The Hall–Kier alpha value is -2.44. The Morgan fingerprint density at radius 3 is 2.32 bits per heavy atom. The summed E-state index contributed by atoms with van der Waals surface area (Å²) in [4.78, 5) is 26.4. The van der Waals surface area contributed by atoms with E-state index in [0.29, 0.717) is 25.9 Å². The molecule has 4 N–H and O–H groups in total. The van der Waals surface area contributed by atoms with Gasteiger partial charge in [-0.1, -0.05) is 40.9 Å². The highest BCUT2D eigenvalue weighted by atomic mass is 35.5. The molecule has 1 heterocycles. The molecule has 2 aromatic rings. The van der Waals surface area contributed by atoms with Gasteiger partial charge in [0.15, 0.2) is 5.75 Å². The maximum atomic E-state index is 13.2. The number of halogens is 3. The fraction of sp³-hybridized carbons (Fsp3) is 0.417. The number of sulfonamides is 1. The molecule has 1 aliphatic heterocycles. The Morgan fingerprint density at radius 1 is 1.11 bits per heavy atom. The predicted octanol–water partition coefficient (Wildman–Crippen LogP) is 5.49. The van der Waals surface area contributed by atoms with Crippen LogP contribution in [0.2, 0.25) is 15.1 Å². The Kier molecular flexibility index (Phi) is 9.31. The molecule has 3 amide bonds. The minimum atomic E-state index is -4.33. The van der Waals surface area contributed by atoms with E-state index in [4.69, 9.17) is 45.3 Å². The third kappa shape index (κ3) is 6.95. The minimum Gasteiger partial charge on any atom is -0.504 e. The maximum absolute atomic E-state index is 13.2. The molecule has 0 aromatic heterocycles. The van der Waals surface area contributed by atoms with Gasteiger partial charge in [0.2, 0.25) is 10.0 Å². The van der Waals surface area contributed by atoms with E-state index in [1.807, 2.05) is 0 Å². The standard InChI is InChI=1S/C24H29Cl3N4O6S/c1-24(2,3)37-23(34)30-11-9-14(10-12-30)13-29-38(35,36)21-16(26)7-8-18(20(21)32)31(22(28)33)17-6-4-5-15(25)19(17)27/h4-8,14,29,32H,9-13H2,1-3H3,(H2,28,33). The average Bonchev–Trinajstić information content (AvgIpc) is 2.81. The van der Waals surface area contributed by atoms with Crippen molar-refractivity contribution in [3.8, 4) is 5.75 Å². The molecule has 208 valence electrons. The van der Waals surface area contributed by atoms with E-state index in [-0.39, 0.29) is 38.9 Å². The van der Waals surface area contributed by atoms with Crippen molar-refractivity contribution in [1.82, 2.24) is 9.62 Å². The average molecular weight is 608 g/mol. The van der Waals surface area contributed by atoms with E-state index >= 15 is 0 Å². The van der Waals surface area contributed by atoms with Crippen molar-refractivity contribution in [1.29, 1.82) is 0 Å². The highest BCUT2D eigenvalue weighted by molar-refractivity contribution is 7.89. The highest BCUT2D eigenvalue weighted by Gasteiger charge is 2.32. The van der Waals surface area contributed by atoms with Crippen molar-refractivity contribution in [2.75, 3.05) is 24.5 Å². The van der Waals surface area contributed by atoms with Crippen molar-refractivity contribution in [2.45, 2.75) is 44.1 Å². The van der Waals surface area contributed by atoms with Crippen LogP contribution in [0.25, 0.3) is 0 Å². The molecule has 0 aliphatic carbocycles. The number of aromatic hydroxyl groups is 1. The summed E-state index contributed by atoms with van der Waals surface area (Å²) in [6.45, 7) is 6.23. The number of piperidine rings is 1. The molecule has 0 radical (unpaired) electrons. The molecule has 0 atom stereocenters. The molecule has 0 unspecified atom stereocenters. The number of urea groups is 1. The first-order valence-electron chi connectivity index (χ1n) is 11.6. The minimum absolute atomic E-state index is 0.0254. The number of amides is 3. The van der Waals surface area contributed by atoms with Crippen molar-refractivity contribution in [2.24, 2.45) is 11.7 Å². The number of phenolic OH excluding ortho intramolecular Hbond substituents is 1. The zero-order valence-corrected chi connectivity index (χ0v) is 24.1. The number of nitrogens with zero attached hydrogens (tertiary/aromatic N) is 2. The van der Waals surface area contributed by atoms with Crippen LogP contribution in [0.15, 0.2) is 35.2 Å². The molecule has 0 saturated carbocycles. The number of anilines is 2. The van der Waals surface area contributed by atoms with Crippen molar-refractivity contribution in [3.63, 3.8) is 0 Å². The first-order chi connectivity index (χ1) is 17.6. The lowest BCUT2D eigenvalue weighted by molar-refractivity contribution is 0.0185. The zero-order valence-electron chi connectivity index (χ0n) is 21.0. The van der Waals surface area contributed by atoms with Crippen LogP contribution in [-0.2, 0) is 14.8 Å². The number of ether oxygens (including phenoxy) is 1. The molecule has 0 bridgehead atoms. The van der Waals surface area contributed by atoms with E-state index in [9.17, 15) is 23.1 Å². The second kappa shape index (κ2) is 11.7. The first-order valence-corrected chi connectivity index (χ1v) is 14.3. The Balaban J connectivity index is 1.80. The number of carbonyl (C=O) groups is 2. The topological polar surface area (TPSA) is 142 Å². The summed E-state index contributed by atoms with van der Waals surface area (Å²) in [5.74, 6) is -0.862. The Morgan fingerprint density at radius 2 is 1.74 bits per heavy atom. The number of phenols is 1. The van der Waals surface area contributed by atoms with Gasteiger partial charge in [0.1, 0.15) is 10.5 Å². The maximum Gasteiger partial charge on any atom is 0.410 e. The number of carbonyl (C=O) groups excluding carboxylic acids is 2. The molecular formula is C24H29Cl3N4O6S. The van der Waals surface area contributed by atoms with Crippen molar-refractivity contribution in [3.05, 3.63) is 45.4 Å². The molecule has 1 fully saturated rings. The molecule has 2 aromatic carbocycles. The number of nitrogens with one attached hydrogen (secondary N) is 1. The monoisotopic (exact) mass is 606 g/mol. The summed E-state index contributed by atoms with van der Waals surface area (Å²) in [6, 6.07) is 5.86. The number of hydrogen-bond donors (Lipinski definition) is 3. The quantitative estimate of drug-likeness (QED) is 0.396. The molecule has 14 heteroatoms. The van der Waals surface area contributed by atoms with Gasteiger partial charge in [-0.3, -0.25) is 4.90 Å². The van der Waals surface area contributed by atoms with Crippen molar-refractivity contribution < 1.29 is 27.9 Å². The summed E-state index contributed by atoms with van der Waals surface area (Å²) < 4.78 is 34.3. The van der Waals surface area contributed by atoms with Crippen LogP contribution in [0.5, 0.6) is 5.75 Å². The van der Waals surface area contributed by atoms with Gasteiger partial charge in [-0.2, -0.15) is 0 Å². The number of rotatable bonds is 6. The molecule has 38 heavy (non-hydrogen) atoms. The Labute approximate surface area is 236 Å². The lowest BCUT2D eigenvalue weighted by Crippen LogP contribution is -2.43. The van der Waals surface area contributed by atoms with Gasteiger partial charge >= 0.3 is 12.1 Å². The summed E-state index contributed by atoms with van der Waals surface area (Å²) in [6.07, 6.45) is 0.679. The van der Waals surface area contributed by atoms with Crippen LogP contribution in [0.4, 0.5) is 21.0 Å². The summed E-state index contributed by atoms with van der Waals surface area (Å²) in [5, 5.41) is 10.8. The van der Waals surface area contributed by atoms with Crippen LogP contribution >= 0.6 is 34.8 Å². The number of benzene rings is 2. The van der Waals surface area contributed by atoms with E-state index in [1.165, 1.54) is 30.3 Å². The predicted molar refractivity (Wildman–Crippen MR) is 147 cm³/mol. The molecule has 1 aliphatic rings. The van der Waals surface area contributed by atoms with Gasteiger partial charge < -0.3 is 20.5 Å². The van der Waals surface area contributed by atoms with Gasteiger partial charge in [-0.25, -0.2) is 22.7 Å². The van der Waals surface area contributed by atoms with E-state index in [0.717, 1.165) is 4.90 Å². The molecule has 10 nitrogen and oxygen atoms in total. The largest absolute Gasteiger partial charge is 0.504 e. The summed E-state index contributed by atoms with van der Waals surface area (Å²) in [7, 11) is -4.33. The summed E-state index contributed by atoms with van der Waals surface area (Å²) >= 11 is 18.5. The molecular weight excluding hydrogens is 579 g/mol. The summed E-state index contributed by atoms with van der Waals surface area (Å²) in [5.41, 5.74) is 4.72. The van der Waals surface area contributed by atoms with Gasteiger partial charge in [-0.15, -0.1) is 0 Å². The number of primary amides is 1. The number of hydrogen-bond acceptors (Lipinski definition) is 6. The molecule has 0 spiro atoms. The van der Waals surface area contributed by atoms with Crippen molar-refractivity contribution >= 4 is 68.3 Å². The molecule has 1 saturated heterocycles. The number of likely N-dealkylation sites (tertiary alicyclic amines) is 1. The second-order valence-electron chi connectivity index (χ2n) is 9.75. The first kappa shape index (κ1) is 30.1. The third-order valence-corrected chi connectivity index (χ3v) is 8.53. The van der Waals surface area contributed by atoms with Crippen LogP contribution in [0.3, 0.4) is 0 Å². The second-order valence-corrected chi connectivity index (χ2v) is 12.6. The van der Waals surface area contributed by atoms with Gasteiger partial charge in [0, 0.05) is 19.6 Å². The van der Waals surface area contributed by atoms with Gasteiger partial charge in [0.05, 0.1) is 26.4 Å². The third-order valence-electron chi connectivity index (χ3n) is 5.79. The van der Waals surface area contributed by atoms with E-state index in [1.54, 1.807) is 25.7 Å². The zero-order chi connectivity index (χ0) is 28.4. The number of nitrogens with two attached hydrogens (primary N) is 1. The normalized spacial score (nSPS) is 14.8. The van der Waals surface area contributed by atoms with E-state index in [2.05, 4.69) is 4.72 Å². The smallest absolute Gasteiger partial charge is 0.410 e. The SMILES string of the molecule is CC(C)(C)OC(=O)N1CCC(CNS(=O)(=O)c2c(Cl)ccc(N(C(N)=O)c3cccc(Cl)c3Cl)c2O)CC1. The van der Waals surface area contributed by atoms with E-state index < -0.39 is 38.4 Å². The van der Waals surface area contributed by atoms with Crippen LogP contribution < -0.4 is 15.4 Å². The van der Waals surface area contributed by atoms with Gasteiger partial charge in [-0.05, 0) is 63.8 Å². The highest BCUT2D eigenvalue weighted by Crippen LogP contribution is 2.44. The fourth-order valence-electron chi connectivity index (χ4n) is 3.95. The lowest BCUT2D eigenvalue weighted by atomic mass is 9.97. The molecule has 3 rings (SSSR count). The van der Waals surface area contributed by atoms with Gasteiger partial charge in [0.25, 0.3) is 0 Å². The van der Waals surface area contributed by atoms with Crippen LogP contribution in [0.1, 0.15) is 33.6 Å². The fourth-order valence-corrected chi connectivity index (χ4v) is 6.07. The lowest BCUT2D eigenvalue weighted by Gasteiger charge is -2.33. The van der Waals surface area contributed by atoms with Crippen LogP contribution in [0, 0.1) is 5.92 Å². The van der Waals surface area contributed by atoms with Crippen LogP contribution in [-0.4, -0.2) is 55.8 Å².